The summed E-state index contributed by atoms with van der Waals surface area (Å²) in [4.78, 5) is 20.8. The summed E-state index contributed by atoms with van der Waals surface area (Å²) in [5.41, 5.74) is 1.52. The quantitative estimate of drug-likeness (QED) is 0.849. The average Bonchev–Trinajstić information content (AvgIpc) is 3.12. The number of hydrogen-bond donors (Lipinski definition) is 0. The minimum Gasteiger partial charge on any atom is -0.380 e. The second-order valence-electron chi connectivity index (χ2n) is 5.98. The second-order valence-corrected chi connectivity index (χ2v) is 5.98. The first-order chi connectivity index (χ1) is 10.6. The van der Waals surface area contributed by atoms with Crippen LogP contribution >= 0.6 is 0 Å². The summed E-state index contributed by atoms with van der Waals surface area (Å²) in [5, 5.41) is 0. The van der Waals surface area contributed by atoms with Gasteiger partial charge in [-0.3, -0.25) is 9.69 Å². The van der Waals surface area contributed by atoms with Crippen LogP contribution in [0.15, 0.2) is 30.7 Å². The Balaban J connectivity index is 1.68. The molecule has 1 saturated heterocycles. The highest BCUT2D eigenvalue weighted by Gasteiger charge is 2.31. The van der Waals surface area contributed by atoms with Gasteiger partial charge in [-0.1, -0.05) is 0 Å². The van der Waals surface area contributed by atoms with Gasteiger partial charge in [0, 0.05) is 51.9 Å². The Labute approximate surface area is 130 Å². The van der Waals surface area contributed by atoms with E-state index in [1.165, 1.54) is 0 Å². The molecular weight excluding hydrogens is 280 g/mol. The summed E-state index contributed by atoms with van der Waals surface area (Å²) < 4.78 is 7.29. The van der Waals surface area contributed by atoms with Gasteiger partial charge in [-0.05, 0) is 25.6 Å². The molecule has 0 bridgehead atoms. The number of nitrogens with zero attached hydrogens (tertiary/aromatic N) is 4. The fourth-order valence-electron chi connectivity index (χ4n) is 3.08. The smallest absolute Gasteiger partial charge is 0.255 e. The standard InChI is InChI=1S/C16H22N4O2/c1-18-11-14(22-3)8-13(18)10-19(2)16(21)12-4-5-15-17-6-7-20(15)9-12/h4-7,9,13-14H,8,10-11H2,1-3H3/t13-,14-/m0/s1. The minimum absolute atomic E-state index is 0.0323. The number of methoxy groups -OCH3 is 1. The molecule has 0 radical (unpaired) electrons. The van der Waals surface area contributed by atoms with Gasteiger partial charge in [0.25, 0.3) is 5.91 Å². The molecule has 3 heterocycles. The highest BCUT2D eigenvalue weighted by atomic mass is 16.5. The van der Waals surface area contributed by atoms with Crippen molar-refractivity contribution in [3.8, 4) is 0 Å². The molecule has 2 atom stereocenters. The molecule has 2 aromatic heterocycles. The van der Waals surface area contributed by atoms with Gasteiger partial charge in [0.1, 0.15) is 5.65 Å². The van der Waals surface area contributed by atoms with Crippen LogP contribution in [0.2, 0.25) is 0 Å². The fraction of sp³-hybridized carbons (Fsp3) is 0.500. The minimum atomic E-state index is 0.0323. The Morgan fingerprint density at radius 1 is 1.50 bits per heavy atom. The topological polar surface area (TPSA) is 50.1 Å². The maximum absolute atomic E-state index is 12.6. The maximum Gasteiger partial charge on any atom is 0.255 e. The average molecular weight is 302 g/mol. The third kappa shape index (κ3) is 2.84. The van der Waals surface area contributed by atoms with Gasteiger partial charge in [-0.2, -0.15) is 0 Å². The Morgan fingerprint density at radius 3 is 3.05 bits per heavy atom. The van der Waals surface area contributed by atoms with Crippen molar-refractivity contribution in [3.63, 3.8) is 0 Å². The predicted octanol–water partition coefficient (Wildman–Crippen LogP) is 1.13. The molecule has 3 rings (SSSR count). The van der Waals surface area contributed by atoms with Crippen molar-refractivity contribution < 1.29 is 9.53 Å². The predicted molar refractivity (Wildman–Crippen MR) is 84.0 cm³/mol. The van der Waals surface area contributed by atoms with Crippen molar-refractivity contribution in [1.82, 2.24) is 19.2 Å². The van der Waals surface area contributed by atoms with Crippen LogP contribution in [0, 0.1) is 0 Å². The Bertz CT molecular complexity index is 669. The number of carbonyl (C=O) groups excluding carboxylic acids is 1. The number of likely N-dealkylation sites (N-methyl/N-ethyl adjacent to an activating group) is 2. The first-order valence-corrected chi connectivity index (χ1v) is 7.49. The number of amides is 1. The van der Waals surface area contributed by atoms with Crippen molar-refractivity contribution in [1.29, 1.82) is 0 Å². The van der Waals surface area contributed by atoms with E-state index in [4.69, 9.17) is 4.74 Å². The molecule has 0 aliphatic carbocycles. The number of fused-ring (bicyclic) bond motifs is 1. The molecule has 6 nitrogen and oxygen atoms in total. The number of imidazole rings is 1. The lowest BCUT2D eigenvalue weighted by molar-refractivity contribution is 0.0759. The highest BCUT2D eigenvalue weighted by Crippen LogP contribution is 2.19. The molecule has 0 unspecified atom stereocenters. The van der Waals surface area contributed by atoms with Crippen LogP contribution in [0.4, 0.5) is 0 Å². The van der Waals surface area contributed by atoms with Gasteiger partial charge in [-0.15, -0.1) is 0 Å². The number of rotatable bonds is 4. The molecule has 1 fully saturated rings. The molecule has 0 spiro atoms. The second kappa shape index (κ2) is 6.06. The van der Waals surface area contributed by atoms with Gasteiger partial charge >= 0.3 is 0 Å². The molecule has 0 N–H and O–H groups in total. The number of ether oxygens (including phenoxy) is 1. The van der Waals surface area contributed by atoms with Gasteiger partial charge in [0.2, 0.25) is 0 Å². The molecule has 6 heteroatoms. The van der Waals surface area contributed by atoms with Crippen molar-refractivity contribution in [2.24, 2.45) is 0 Å². The lowest BCUT2D eigenvalue weighted by Crippen LogP contribution is -2.39. The van der Waals surface area contributed by atoms with E-state index >= 15 is 0 Å². The van der Waals surface area contributed by atoms with E-state index < -0.39 is 0 Å². The van der Waals surface area contributed by atoms with Crippen LogP contribution in [0.1, 0.15) is 16.8 Å². The monoisotopic (exact) mass is 302 g/mol. The molecular formula is C16H22N4O2. The summed E-state index contributed by atoms with van der Waals surface area (Å²) in [7, 11) is 5.68. The van der Waals surface area contributed by atoms with Gasteiger partial charge in [-0.25, -0.2) is 4.98 Å². The highest BCUT2D eigenvalue weighted by molar-refractivity contribution is 5.94. The van der Waals surface area contributed by atoms with Crippen LogP contribution in [0.25, 0.3) is 5.65 Å². The summed E-state index contributed by atoms with van der Waals surface area (Å²) in [6.07, 6.45) is 6.63. The first-order valence-electron chi connectivity index (χ1n) is 7.49. The molecule has 0 aromatic carbocycles. The van der Waals surface area contributed by atoms with Crippen LogP contribution in [0.3, 0.4) is 0 Å². The van der Waals surface area contributed by atoms with E-state index in [0.717, 1.165) is 18.6 Å². The zero-order valence-corrected chi connectivity index (χ0v) is 13.3. The van der Waals surface area contributed by atoms with Crippen molar-refractivity contribution in [3.05, 3.63) is 36.3 Å². The third-order valence-electron chi connectivity index (χ3n) is 4.45. The number of aromatic nitrogens is 2. The number of likely N-dealkylation sites (tertiary alicyclic amines) is 1. The van der Waals surface area contributed by atoms with Gasteiger partial charge in [0.15, 0.2) is 0 Å². The zero-order valence-electron chi connectivity index (χ0n) is 13.3. The summed E-state index contributed by atoms with van der Waals surface area (Å²) in [6, 6.07) is 4.04. The molecule has 1 aliphatic heterocycles. The Hall–Kier alpha value is -1.92. The van der Waals surface area contributed by atoms with Crippen molar-refractivity contribution in [2.45, 2.75) is 18.6 Å². The lowest BCUT2D eigenvalue weighted by Gasteiger charge is -2.25. The number of pyridine rings is 1. The van der Waals surface area contributed by atoms with Crippen LogP contribution in [0.5, 0.6) is 0 Å². The molecule has 118 valence electrons. The fourth-order valence-corrected chi connectivity index (χ4v) is 3.08. The van der Waals surface area contributed by atoms with E-state index in [9.17, 15) is 4.79 Å². The normalized spacial score (nSPS) is 22.3. The van der Waals surface area contributed by atoms with Crippen molar-refractivity contribution >= 4 is 11.6 Å². The van der Waals surface area contributed by atoms with Crippen LogP contribution < -0.4 is 0 Å². The third-order valence-corrected chi connectivity index (χ3v) is 4.45. The van der Waals surface area contributed by atoms with Crippen LogP contribution in [-0.2, 0) is 4.74 Å². The van der Waals surface area contributed by atoms with Gasteiger partial charge < -0.3 is 14.0 Å². The zero-order chi connectivity index (χ0) is 15.7. The molecule has 1 amide bonds. The van der Waals surface area contributed by atoms with E-state index in [1.54, 1.807) is 18.2 Å². The molecule has 0 saturated carbocycles. The SMILES string of the molecule is CO[C@H]1C[C@@H](CN(C)C(=O)c2ccc3nccn3c2)N(C)C1. The van der Waals surface area contributed by atoms with E-state index in [-0.39, 0.29) is 12.0 Å². The molecule has 2 aromatic rings. The molecule has 22 heavy (non-hydrogen) atoms. The largest absolute Gasteiger partial charge is 0.380 e. The summed E-state index contributed by atoms with van der Waals surface area (Å²) in [5.74, 6) is 0.0323. The van der Waals surface area contributed by atoms with Gasteiger partial charge in [0.05, 0.1) is 11.7 Å². The van der Waals surface area contributed by atoms with Crippen LogP contribution in [-0.4, -0.2) is 71.5 Å². The number of carbonyl (C=O) groups is 1. The van der Waals surface area contributed by atoms with E-state index in [0.29, 0.717) is 18.2 Å². The van der Waals surface area contributed by atoms with E-state index in [2.05, 4.69) is 16.9 Å². The first kappa shape index (κ1) is 15.0. The maximum atomic E-state index is 12.6. The lowest BCUT2D eigenvalue weighted by atomic mass is 10.1. The summed E-state index contributed by atoms with van der Waals surface area (Å²) >= 11 is 0. The van der Waals surface area contributed by atoms with Crippen molar-refractivity contribution in [2.75, 3.05) is 34.3 Å². The molecule has 1 aliphatic rings. The summed E-state index contributed by atoms with van der Waals surface area (Å²) in [6.45, 7) is 1.63. The Kier molecular flexibility index (Phi) is 4.13. The number of hydrogen-bond acceptors (Lipinski definition) is 4. The van der Waals surface area contributed by atoms with E-state index in [1.807, 2.05) is 36.0 Å². The Morgan fingerprint density at radius 2 is 2.32 bits per heavy atom.